The summed E-state index contributed by atoms with van der Waals surface area (Å²) in [6, 6.07) is 18.0. The van der Waals surface area contributed by atoms with Crippen LogP contribution in [0.2, 0.25) is 0 Å². The average Bonchev–Trinajstić information content (AvgIpc) is 2.94. The van der Waals surface area contributed by atoms with Crippen molar-refractivity contribution in [2.24, 2.45) is 0 Å². The molecule has 1 aliphatic rings. The van der Waals surface area contributed by atoms with Gasteiger partial charge >= 0.3 is 5.97 Å². The number of aryl methyl sites for hydroxylation is 1. The van der Waals surface area contributed by atoms with Gasteiger partial charge in [-0.25, -0.2) is 9.78 Å². The standard InChI is InChI=1S/C31H35NO5/c1-2-3-8-28-27(21-33)26(31(34)35)20-29(32-28)25-16-14-24(15-17-25)23-12-10-22(11-13-23)7-6-19-37-30-9-4-5-18-36-30/h3,8,10-17,20,30,33H,2,4-7,9,18-19,21H2,1H3,(H,34,35)/b8-3-. The van der Waals surface area contributed by atoms with Gasteiger partial charge in [0.25, 0.3) is 0 Å². The first-order chi connectivity index (χ1) is 18.1. The number of ether oxygens (including phenoxy) is 2. The first-order valence-electron chi connectivity index (χ1n) is 13.1. The van der Waals surface area contributed by atoms with Crippen LogP contribution in [0.4, 0.5) is 0 Å². The van der Waals surface area contributed by atoms with E-state index >= 15 is 0 Å². The molecule has 2 N–H and O–H groups in total. The Labute approximate surface area is 218 Å². The number of carboxylic acids is 1. The number of nitrogens with zero attached hydrogens (tertiary/aromatic N) is 1. The van der Waals surface area contributed by atoms with Gasteiger partial charge < -0.3 is 19.7 Å². The largest absolute Gasteiger partial charge is 0.478 e. The zero-order valence-corrected chi connectivity index (χ0v) is 21.4. The van der Waals surface area contributed by atoms with Gasteiger partial charge in [-0.2, -0.15) is 0 Å². The van der Waals surface area contributed by atoms with Gasteiger partial charge in [0.15, 0.2) is 6.29 Å². The topological polar surface area (TPSA) is 88.9 Å². The zero-order valence-electron chi connectivity index (χ0n) is 21.4. The number of aromatic carboxylic acids is 1. The average molecular weight is 502 g/mol. The Balaban J connectivity index is 1.43. The van der Waals surface area contributed by atoms with E-state index in [4.69, 9.17) is 9.47 Å². The SMILES string of the molecule is CC/C=C\c1nc(-c2ccc(-c3ccc(CCCOC4CCCCO4)cc3)cc2)cc(C(=O)O)c1CO. The van der Waals surface area contributed by atoms with Gasteiger partial charge in [0, 0.05) is 17.7 Å². The van der Waals surface area contributed by atoms with Crippen molar-refractivity contribution >= 4 is 12.0 Å². The second kappa shape index (κ2) is 13.3. The van der Waals surface area contributed by atoms with Gasteiger partial charge in [-0.15, -0.1) is 0 Å². The lowest BCUT2D eigenvalue weighted by molar-refractivity contribution is -0.162. The number of hydrogen-bond donors (Lipinski definition) is 2. The maximum Gasteiger partial charge on any atom is 0.336 e. The third-order valence-electron chi connectivity index (χ3n) is 6.58. The molecule has 3 aromatic rings. The van der Waals surface area contributed by atoms with Crippen LogP contribution in [-0.4, -0.2) is 40.7 Å². The Morgan fingerprint density at radius 3 is 2.41 bits per heavy atom. The summed E-state index contributed by atoms with van der Waals surface area (Å²) in [5.74, 6) is -1.08. The summed E-state index contributed by atoms with van der Waals surface area (Å²) in [6.45, 7) is 3.13. The molecule has 1 unspecified atom stereocenters. The molecule has 6 heteroatoms. The highest BCUT2D eigenvalue weighted by Gasteiger charge is 2.17. The summed E-state index contributed by atoms with van der Waals surface area (Å²) in [6.07, 6.45) is 9.66. The molecule has 1 fully saturated rings. The fourth-order valence-electron chi connectivity index (χ4n) is 4.49. The molecule has 6 nitrogen and oxygen atoms in total. The third-order valence-corrected chi connectivity index (χ3v) is 6.58. The van der Waals surface area contributed by atoms with Gasteiger partial charge in [0.1, 0.15) is 0 Å². The van der Waals surface area contributed by atoms with Crippen LogP contribution in [0.3, 0.4) is 0 Å². The smallest absolute Gasteiger partial charge is 0.336 e. The molecule has 1 atom stereocenters. The monoisotopic (exact) mass is 501 g/mol. The number of aliphatic hydroxyl groups is 1. The second-order valence-electron chi connectivity index (χ2n) is 9.24. The van der Waals surface area contributed by atoms with Crippen LogP contribution in [0.1, 0.15) is 66.2 Å². The first kappa shape index (κ1) is 26.7. The molecule has 0 radical (unpaired) electrons. The predicted molar refractivity (Wildman–Crippen MR) is 145 cm³/mol. The van der Waals surface area contributed by atoms with Crippen molar-refractivity contribution in [2.75, 3.05) is 13.2 Å². The molecule has 4 rings (SSSR count). The van der Waals surface area contributed by atoms with Crippen molar-refractivity contribution in [3.05, 3.63) is 83.1 Å². The number of carboxylic acid groups (broad SMARTS) is 1. The molecule has 1 saturated heterocycles. The van der Waals surface area contributed by atoms with E-state index in [1.54, 1.807) is 6.08 Å². The summed E-state index contributed by atoms with van der Waals surface area (Å²) in [5.41, 5.74) is 5.72. The van der Waals surface area contributed by atoms with Crippen LogP contribution >= 0.6 is 0 Å². The van der Waals surface area contributed by atoms with E-state index in [1.807, 2.05) is 37.3 Å². The number of carbonyl (C=O) groups is 1. The van der Waals surface area contributed by atoms with Gasteiger partial charge in [-0.05, 0) is 67.4 Å². The number of hydrogen-bond acceptors (Lipinski definition) is 5. The number of pyridine rings is 1. The van der Waals surface area contributed by atoms with Crippen LogP contribution in [0, 0.1) is 0 Å². The first-order valence-corrected chi connectivity index (χ1v) is 13.1. The lowest BCUT2D eigenvalue weighted by Crippen LogP contribution is -2.22. The summed E-state index contributed by atoms with van der Waals surface area (Å²) >= 11 is 0. The van der Waals surface area contributed by atoms with Crippen LogP contribution in [0.15, 0.2) is 60.7 Å². The lowest BCUT2D eigenvalue weighted by Gasteiger charge is -2.22. The molecule has 37 heavy (non-hydrogen) atoms. The number of aromatic nitrogens is 1. The molecule has 2 aromatic carbocycles. The highest BCUT2D eigenvalue weighted by Crippen LogP contribution is 2.27. The summed E-state index contributed by atoms with van der Waals surface area (Å²) in [4.78, 5) is 16.5. The highest BCUT2D eigenvalue weighted by atomic mass is 16.7. The van der Waals surface area contributed by atoms with E-state index in [9.17, 15) is 15.0 Å². The Bertz CT molecular complexity index is 1200. The van der Waals surface area contributed by atoms with Crippen molar-refractivity contribution < 1.29 is 24.5 Å². The molecule has 0 saturated carbocycles. The molecule has 0 spiro atoms. The second-order valence-corrected chi connectivity index (χ2v) is 9.24. The number of allylic oxidation sites excluding steroid dienone is 1. The van der Waals surface area contributed by atoms with Crippen molar-refractivity contribution in [3.63, 3.8) is 0 Å². The van der Waals surface area contributed by atoms with Crippen LogP contribution in [-0.2, 0) is 22.5 Å². The van der Waals surface area contributed by atoms with E-state index in [0.717, 1.165) is 55.4 Å². The molecule has 2 heterocycles. The van der Waals surface area contributed by atoms with E-state index < -0.39 is 5.97 Å². The fraction of sp³-hybridized carbons (Fsp3) is 0.355. The van der Waals surface area contributed by atoms with Gasteiger partial charge in [-0.3, -0.25) is 0 Å². The van der Waals surface area contributed by atoms with E-state index in [1.165, 1.54) is 18.1 Å². The molecule has 194 valence electrons. The molecule has 1 aliphatic heterocycles. The Hall–Kier alpha value is -3.32. The minimum absolute atomic E-state index is 0.0305. The summed E-state index contributed by atoms with van der Waals surface area (Å²) in [5, 5.41) is 19.4. The van der Waals surface area contributed by atoms with E-state index in [0.29, 0.717) is 23.6 Å². The maximum absolute atomic E-state index is 11.8. The minimum Gasteiger partial charge on any atom is -0.478 e. The molecule has 0 aliphatic carbocycles. The van der Waals surface area contributed by atoms with Gasteiger partial charge in [-0.1, -0.05) is 61.5 Å². The highest BCUT2D eigenvalue weighted by molar-refractivity contribution is 5.92. The summed E-state index contributed by atoms with van der Waals surface area (Å²) < 4.78 is 11.4. The van der Waals surface area contributed by atoms with Crippen molar-refractivity contribution in [1.82, 2.24) is 4.98 Å². The van der Waals surface area contributed by atoms with E-state index in [-0.39, 0.29) is 18.5 Å². The number of benzene rings is 2. The minimum atomic E-state index is -1.08. The van der Waals surface area contributed by atoms with Crippen LogP contribution in [0.5, 0.6) is 0 Å². The normalized spacial score (nSPS) is 15.8. The quantitative estimate of drug-likeness (QED) is 0.291. The Morgan fingerprint density at radius 2 is 1.78 bits per heavy atom. The third kappa shape index (κ3) is 7.13. The van der Waals surface area contributed by atoms with E-state index in [2.05, 4.69) is 29.2 Å². The van der Waals surface area contributed by atoms with Crippen molar-refractivity contribution in [1.29, 1.82) is 0 Å². The van der Waals surface area contributed by atoms with Crippen LogP contribution < -0.4 is 0 Å². The van der Waals surface area contributed by atoms with Crippen LogP contribution in [0.25, 0.3) is 28.5 Å². The van der Waals surface area contributed by atoms with Gasteiger partial charge in [0.2, 0.25) is 0 Å². The predicted octanol–water partition coefficient (Wildman–Crippen LogP) is 6.51. The number of aliphatic hydroxyl groups excluding tert-OH is 1. The van der Waals surface area contributed by atoms with Crippen molar-refractivity contribution in [3.8, 4) is 22.4 Å². The maximum atomic E-state index is 11.8. The molecule has 0 bridgehead atoms. The molecule has 1 aromatic heterocycles. The van der Waals surface area contributed by atoms with Gasteiger partial charge in [0.05, 0.1) is 30.2 Å². The molecular weight excluding hydrogens is 466 g/mol. The van der Waals surface area contributed by atoms with Crippen molar-refractivity contribution in [2.45, 2.75) is 58.3 Å². The summed E-state index contributed by atoms with van der Waals surface area (Å²) in [7, 11) is 0. The lowest BCUT2D eigenvalue weighted by atomic mass is 9.98. The zero-order chi connectivity index (χ0) is 26.0. The number of rotatable bonds is 11. The molecule has 0 amide bonds. The Kier molecular flexibility index (Phi) is 9.60. The fourth-order valence-corrected chi connectivity index (χ4v) is 4.49. The molecular formula is C31H35NO5. The Morgan fingerprint density at radius 1 is 1.08 bits per heavy atom.